The zero-order valence-corrected chi connectivity index (χ0v) is 14.9. The summed E-state index contributed by atoms with van der Waals surface area (Å²) >= 11 is 1.14. The third kappa shape index (κ3) is 3.30. The van der Waals surface area contributed by atoms with Gasteiger partial charge in [0.2, 0.25) is 5.91 Å². The fraction of sp³-hybridized carbons (Fsp3) is 0.294. The molecule has 1 amide bonds. The molecule has 0 radical (unpaired) electrons. The first-order valence-electron chi connectivity index (χ1n) is 8.06. The number of hydrogen-bond acceptors (Lipinski definition) is 4. The van der Waals surface area contributed by atoms with Crippen LogP contribution in [0.15, 0.2) is 30.6 Å². The number of aromatic nitrogens is 4. The number of ether oxygens (including phenoxy) is 1. The Morgan fingerprint density at radius 1 is 1.36 bits per heavy atom. The van der Waals surface area contributed by atoms with E-state index in [9.17, 15) is 4.79 Å². The van der Waals surface area contributed by atoms with Crippen molar-refractivity contribution < 1.29 is 9.53 Å². The van der Waals surface area contributed by atoms with Gasteiger partial charge in [-0.3, -0.25) is 4.79 Å². The van der Waals surface area contributed by atoms with E-state index in [0.29, 0.717) is 17.3 Å². The molecule has 0 spiro atoms. The van der Waals surface area contributed by atoms with Crippen molar-refractivity contribution in [2.24, 2.45) is 13.0 Å². The van der Waals surface area contributed by atoms with Crippen LogP contribution in [0.3, 0.4) is 0 Å². The highest BCUT2D eigenvalue weighted by atomic mass is 32.1. The van der Waals surface area contributed by atoms with E-state index in [-0.39, 0.29) is 11.8 Å². The lowest BCUT2D eigenvalue weighted by atomic mass is 10.3. The second-order valence-corrected chi connectivity index (χ2v) is 6.88. The van der Waals surface area contributed by atoms with Crippen molar-refractivity contribution >= 4 is 34.2 Å². The number of nitrogens with one attached hydrogen (secondary N) is 2. The van der Waals surface area contributed by atoms with Crippen LogP contribution in [-0.2, 0) is 11.8 Å². The van der Waals surface area contributed by atoms with Crippen molar-refractivity contribution in [2.45, 2.75) is 12.8 Å². The van der Waals surface area contributed by atoms with Gasteiger partial charge in [0.25, 0.3) is 0 Å². The van der Waals surface area contributed by atoms with Gasteiger partial charge in [0, 0.05) is 31.3 Å². The summed E-state index contributed by atoms with van der Waals surface area (Å²) in [4.78, 5) is 23.7. The third-order valence-corrected chi connectivity index (χ3v) is 4.97. The first kappa shape index (κ1) is 15.9. The van der Waals surface area contributed by atoms with E-state index in [1.54, 1.807) is 24.5 Å². The number of anilines is 1. The van der Waals surface area contributed by atoms with E-state index in [0.717, 1.165) is 40.1 Å². The average molecular weight is 357 g/mol. The van der Waals surface area contributed by atoms with Crippen molar-refractivity contribution in [1.29, 1.82) is 0 Å². The van der Waals surface area contributed by atoms with Crippen LogP contribution >= 0.6 is 11.4 Å². The lowest BCUT2D eigenvalue weighted by Crippen LogP contribution is -2.14. The molecule has 3 aromatic rings. The molecule has 130 valence electrons. The number of carbonyl (C=O) groups is 1. The number of rotatable bonds is 4. The van der Waals surface area contributed by atoms with Gasteiger partial charge >= 0.3 is 0 Å². The van der Waals surface area contributed by atoms with Crippen molar-refractivity contribution in [1.82, 2.24) is 19.5 Å². The van der Waals surface area contributed by atoms with E-state index < -0.39 is 0 Å². The number of thiol groups is 1. The standard InChI is InChI=1S/C17H19N5O2S/c1-22-13-7-12(9-19-15(13)21-17(22)25-2)24-11-5-6-18-14(8-11)20-16(23)10-3-4-10/h5-10,25H,3-4H2,1-2H3,(H,19,21)(H,18,20,23). The molecule has 2 N–H and O–H groups in total. The molecule has 3 heterocycles. The molecule has 0 atom stereocenters. The van der Waals surface area contributed by atoms with Crippen molar-refractivity contribution in [3.05, 3.63) is 35.4 Å². The molecule has 1 fully saturated rings. The second kappa shape index (κ2) is 6.36. The van der Waals surface area contributed by atoms with E-state index in [4.69, 9.17) is 4.74 Å². The molecular formula is C17H19N5O2S. The van der Waals surface area contributed by atoms with Gasteiger partial charge in [0.15, 0.2) is 5.65 Å². The zero-order chi connectivity index (χ0) is 17.4. The fourth-order valence-electron chi connectivity index (χ4n) is 2.61. The second-order valence-electron chi connectivity index (χ2n) is 6.01. The van der Waals surface area contributed by atoms with Gasteiger partial charge in [0.05, 0.1) is 11.7 Å². The van der Waals surface area contributed by atoms with Crippen molar-refractivity contribution in [2.75, 3.05) is 11.6 Å². The summed E-state index contributed by atoms with van der Waals surface area (Å²) in [7, 11) is 1.99. The van der Waals surface area contributed by atoms with Gasteiger partial charge in [-0.2, -0.15) is 11.4 Å². The number of fused-ring (bicyclic) bond motifs is 1. The molecule has 0 aromatic carbocycles. The Kier molecular flexibility index (Phi) is 4.04. The highest BCUT2D eigenvalue weighted by Gasteiger charge is 2.29. The number of H-pyrrole nitrogens is 1. The molecule has 25 heavy (non-hydrogen) atoms. The SMILES string of the molecule is C/[SH]=c1\[nH]c2ncc(Oc3ccnc(NC(=O)C4CC4)c3)cc2n1C. The number of aromatic amines is 1. The summed E-state index contributed by atoms with van der Waals surface area (Å²) in [6.07, 6.45) is 7.28. The van der Waals surface area contributed by atoms with Crippen molar-refractivity contribution in [3.63, 3.8) is 0 Å². The van der Waals surface area contributed by atoms with Crippen LogP contribution in [0.4, 0.5) is 5.82 Å². The van der Waals surface area contributed by atoms with Gasteiger partial charge in [-0.1, -0.05) is 0 Å². The first-order chi connectivity index (χ1) is 12.1. The maximum atomic E-state index is 11.9. The minimum atomic E-state index is 0.0262. The van der Waals surface area contributed by atoms with Gasteiger partial charge < -0.3 is 19.6 Å². The predicted molar refractivity (Wildman–Crippen MR) is 98.9 cm³/mol. The molecule has 0 unspecified atom stereocenters. The topological polar surface area (TPSA) is 84.8 Å². The monoisotopic (exact) mass is 357 g/mol. The largest absolute Gasteiger partial charge is 0.455 e. The molecule has 8 heteroatoms. The van der Waals surface area contributed by atoms with Crippen LogP contribution in [0.1, 0.15) is 12.8 Å². The van der Waals surface area contributed by atoms with Gasteiger partial charge in [0.1, 0.15) is 22.1 Å². The van der Waals surface area contributed by atoms with E-state index >= 15 is 0 Å². The number of hydrogen-bond donors (Lipinski definition) is 3. The molecule has 0 bridgehead atoms. The number of amides is 1. The first-order valence-corrected chi connectivity index (χ1v) is 9.40. The van der Waals surface area contributed by atoms with Gasteiger partial charge in [-0.25, -0.2) is 9.97 Å². The number of nitrogens with zero attached hydrogens (tertiary/aromatic N) is 3. The highest BCUT2D eigenvalue weighted by Crippen LogP contribution is 2.30. The van der Waals surface area contributed by atoms with Crippen LogP contribution in [0, 0.1) is 10.7 Å². The number of imidazole rings is 1. The Morgan fingerprint density at radius 3 is 2.96 bits per heavy atom. The quantitative estimate of drug-likeness (QED) is 0.495. The molecule has 3 aromatic heterocycles. The van der Waals surface area contributed by atoms with Crippen molar-refractivity contribution in [3.8, 4) is 11.5 Å². The number of pyridine rings is 2. The third-order valence-electron chi connectivity index (χ3n) is 4.13. The minimum absolute atomic E-state index is 0.0262. The lowest BCUT2D eigenvalue weighted by molar-refractivity contribution is -0.117. The fourth-order valence-corrected chi connectivity index (χ4v) is 3.23. The Labute approximate surface area is 148 Å². The Balaban J connectivity index is 1.58. The van der Waals surface area contributed by atoms with E-state index in [1.165, 1.54) is 0 Å². The summed E-state index contributed by atoms with van der Waals surface area (Å²) in [5.74, 6) is 1.90. The maximum absolute atomic E-state index is 11.9. The molecule has 1 saturated carbocycles. The van der Waals surface area contributed by atoms with E-state index in [1.807, 2.05) is 13.1 Å². The molecular weight excluding hydrogens is 338 g/mol. The highest BCUT2D eigenvalue weighted by molar-refractivity contribution is 7.90. The number of aryl methyl sites for hydroxylation is 1. The zero-order valence-electron chi connectivity index (χ0n) is 14.0. The molecule has 4 rings (SSSR count). The van der Waals surface area contributed by atoms with Crippen LogP contribution in [0.2, 0.25) is 0 Å². The summed E-state index contributed by atoms with van der Waals surface area (Å²) in [5, 5.41) is 2.82. The molecule has 1 aliphatic rings. The molecule has 0 saturated heterocycles. The lowest BCUT2D eigenvalue weighted by Gasteiger charge is -2.08. The van der Waals surface area contributed by atoms with Crippen LogP contribution in [-0.4, -0.2) is 31.7 Å². The van der Waals surface area contributed by atoms with E-state index in [2.05, 4.69) is 31.1 Å². The molecule has 0 aliphatic heterocycles. The summed E-state index contributed by atoms with van der Waals surface area (Å²) in [6.45, 7) is 0. The van der Waals surface area contributed by atoms with Gasteiger partial charge in [-0.15, -0.1) is 0 Å². The Bertz CT molecular complexity index is 1020. The summed E-state index contributed by atoms with van der Waals surface area (Å²) < 4.78 is 9.04. The molecule has 1 aliphatic carbocycles. The van der Waals surface area contributed by atoms with Crippen LogP contribution in [0.5, 0.6) is 11.5 Å². The van der Waals surface area contributed by atoms with Crippen LogP contribution < -0.4 is 10.1 Å². The Morgan fingerprint density at radius 2 is 2.20 bits per heavy atom. The molecule has 7 nitrogen and oxygen atoms in total. The summed E-state index contributed by atoms with van der Waals surface area (Å²) in [6, 6.07) is 5.41. The average Bonchev–Trinajstić information content (AvgIpc) is 3.41. The van der Waals surface area contributed by atoms with Crippen LogP contribution in [0.25, 0.3) is 11.2 Å². The Hall–Kier alpha value is -2.61. The van der Waals surface area contributed by atoms with Gasteiger partial charge in [-0.05, 0) is 25.2 Å². The predicted octanol–water partition coefficient (Wildman–Crippen LogP) is 3.06. The maximum Gasteiger partial charge on any atom is 0.228 e. The smallest absolute Gasteiger partial charge is 0.228 e. The number of carbonyl (C=O) groups excluding carboxylic acids is 1. The minimum Gasteiger partial charge on any atom is -0.455 e. The summed E-state index contributed by atoms with van der Waals surface area (Å²) in [5.41, 5.74) is 1.80. The normalized spacial score (nSPS) is 15.0.